The molecule has 2 heterocycles. The summed E-state index contributed by atoms with van der Waals surface area (Å²) in [5.41, 5.74) is 0. The van der Waals surface area contributed by atoms with Crippen LogP contribution >= 0.6 is 0 Å². The van der Waals surface area contributed by atoms with E-state index < -0.39 is 0 Å². The molecule has 4 heteroatoms. The van der Waals surface area contributed by atoms with Crippen molar-refractivity contribution >= 4 is 0 Å². The van der Waals surface area contributed by atoms with Crippen LogP contribution in [0, 0.1) is 5.92 Å². The highest BCUT2D eigenvalue weighted by Crippen LogP contribution is 2.14. The van der Waals surface area contributed by atoms with E-state index in [9.17, 15) is 0 Å². The molecule has 2 rings (SSSR count). The number of imidazole rings is 1. The average molecular weight is 250 g/mol. The number of piperidine rings is 1. The van der Waals surface area contributed by atoms with Crippen LogP contribution in [0.4, 0.5) is 0 Å². The molecule has 0 saturated carbocycles. The third-order valence-electron chi connectivity index (χ3n) is 3.70. The highest BCUT2D eigenvalue weighted by Gasteiger charge is 2.16. The number of rotatable bonds is 6. The molecule has 0 amide bonds. The molecule has 1 saturated heterocycles. The molecule has 1 aliphatic rings. The van der Waals surface area contributed by atoms with Crippen molar-refractivity contribution in [1.29, 1.82) is 0 Å². The van der Waals surface area contributed by atoms with E-state index in [1.807, 2.05) is 6.20 Å². The Hall–Kier alpha value is -0.870. The molecule has 1 N–H and O–H groups in total. The summed E-state index contributed by atoms with van der Waals surface area (Å²) in [7, 11) is 2.22. The molecule has 0 aliphatic carbocycles. The summed E-state index contributed by atoms with van der Waals surface area (Å²) in [4.78, 5) is 6.86. The van der Waals surface area contributed by atoms with Crippen molar-refractivity contribution in [1.82, 2.24) is 19.8 Å². The topological polar surface area (TPSA) is 33.1 Å². The van der Waals surface area contributed by atoms with Gasteiger partial charge >= 0.3 is 0 Å². The van der Waals surface area contributed by atoms with E-state index in [0.29, 0.717) is 0 Å². The molecule has 0 radical (unpaired) electrons. The summed E-state index contributed by atoms with van der Waals surface area (Å²) >= 11 is 0. The first-order chi connectivity index (χ1) is 8.79. The Balaban J connectivity index is 1.72. The zero-order valence-corrected chi connectivity index (χ0v) is 11.7. The Morgan fingerprint density at radius 1 is 1.50 bits per heavy atom. The summed E-state index contributed by atoms with van der Waals surface area (Å²) in [6.45, 7) is 7.78. The number of nitrogens with zero attached hydrogens (tertiary/aromatic N) is 3. The van der Waals surface area contributed by atoms with Crippen molar-refractivity contribution in [2.24, 2.45) is 5.92 Å². The number of likely N-dealkylation sites (tertiary alicyclic amines) is 1. The van der Waals surface area contributed by atoms with Gasteiger partial charge in [-0.2, -0.15) is 0 Å². The molecular weight excluding hydrogens is 224 g/mol. The van der Waals surface area contributed by atoms with Crippen LogP contribution < -0.4 is 5.32 Å². The minimum atomic E-state index is 0.804. The van der Waals surface area contributed by atoms with Gasteiger partial charge in [0.25, 0.3) is 0 Å². The second-order valence-electron chi connectivity index (χ2n) is 5.44. The zero-order chi connectivity index (χ0) is 12.8. The van der Waals surface area contributed by atoms with Crippen molar-refractivity contribution in [2.75, 3.05) is 26.7 Å². The van der Waals surface area contributed by atoms with E-state index in [4.69, 9.17) is 0 Å². The maximum Gasteiger partial charge on any atom is 0.122 e. The molecule has 1 aromatic rings. The fourth-order valence-electron chi connectivity index (χ4n) is 2.78. The Morgan fingerprint density at radius 3 is 3.17 bits per heavy atom. The van der Waals surface area contributed by atoms with E-state index in [-0.39, 0.29) is 0 Å². The second-order valence-corrected chi connectivity index (χ2v) is 5.44. The molecule has 0 spiro atoms. The molecule has 1 fully saturated rings. The molecule has 1 unspecified atom stereocenters. The molecule has 102 valence electrons. The van der Waals surface area contributed by atoms with E-state index in [0.717, 1.165) is 32.0 Å². The lowest BCUT2D eigenvalue weighted by Gasteiger charge is -2.29. The predicted molar refractivity (Wildman–Crippen MR) is 74.4 cm³/mol. The van der Waals surface area contributed by atoms with E-state index in [1.54, 1.807) is 0 Å². The third-order valence-corrected chi connectivity index (χ3v) is 3.70. The van der Waals surface area contributed by atoms with Gasteiger partial charge in [0.15, 0.2) is 0 Å². The second kappa shape index (κ2) is 6.90. The Labute approximate surface area is 110 Å². The first-order valence-electron chi connectivity index (χ1n) is 7.19. The molecule has 1 atom stereocenters. The summed E-state index contributed by atoms with van der Waals surface area (Å²) < 4.78 is 2.25. The minimum Gasteiger partial charge on any atom is -0.334 e. The SMILES string of the molecule is CCCn1ccnc1CNCC1CCCN(C)C1. The summed E-state index contributed by atoms with van der Waals surface area (Å²) in [5.74, 6) is 1.97. The fraction of sp³-hybridized carbons (Fsp3) is 0.786. The Bertz CT molecular complexity index is 347. The quantitative estimate of drug-likeness (QED) is 0.834. The van der Waals surface area contributed by atoms with Crippen LogP contribution in [0.15, 0.2) is 12.4 Å². The van der Waals surface area contributed by atoms with Gasteiger partial charge in [-0.15, -0.1) is 0 Å². The predicted octanol–water partition coefficient (Wildman–Crippen LogP) is 1.72. The van der Waals surface area contributed by atoms with Crippen LogP contribution in [0.5, 0.6) is 0 Å². The van der Waals surface area contributed by atoms with Gasteiger partial charge in [0.2, 0.25) is 0 Å². The first-order valence-corrected chi connectivity index (χ1v) is 7.19. The standard InChI is InChI=1S/C14H26N4/c1-3-7-18-9-6-16-14(18)11-15-10-13-5-4-8-17(2)12-13/h6,9,13,15H,3-5,7-8,10-12H2,1-2H3. The van der Waals surface area contributed by atoms with Gasteiger partial charge in [-0.05, 0) is 45.3 Å². The molecule has 0 aromatic carbocycles. The van der Waals surface area contributed by atoms with Crippen molar-refractivity contribution < 1.29 is 0 Å². The van der Waals surface area contributed by atoms with Crippen LogP contribution in [0.3, 0.4) is 0 Å². The molecule has 1 aromatic heterocycles. The lowest BCUT2D eigenvalue weighted by molar-refractivity contribution is 0.206. The molecule has 4 nitrogen and oxygen atoms in total. The molecule has 0 bridgehead atoms. The number of nitrogens with one attached hydrogen (secondary N) is 1. The number of aryl methyl sites for hydroxylation is 1. The summed E-state index contributed by atoms with van der Waals surface area (Å²) in [6.07, 6.45) is 7.85. The smallest absolute Gasteiger partial charge is 0.122 e. The first kappa shape index (κ1) is 13.6. The zero-order valence-electron chi connectivity index (χ0n) is 11.7. The van der Waals surface area contributed by atoms with Gasteiger partial charge < -0.3 is 14.8 Å². The number of hydrogen-bond donors (Lipinski definition) is 1. The van der Waals surface area contributed by atoms with Crippen molar-refractivity contribution in [3.05, 3.63) is 18.2 Å². The lowest BCUT2D eigenvalue weighted by Crippen LogP contribution is -2.37. The third kappa shape index (κ3) is 3.82. The van der Waals surface area contributed by atoms with E-state index in [2.05, 4.69) is 39.9 Å². The summed E-state index contributed by atoms with van der Waals surface area (Å²) in [5, 5.41) is 3.57. The fourth-order valence-corrected chi connectivity index (χ4v) is 2.78. The molecular formula is C14H26N4. The van der Waals surface area contributed by atoms with Crippen LogP contribution in [0.1, 0.15) is 32.0 Å². The van der Waals surface area contributed by atoms with E-state index >= 15 is 0 Å². The van der Waals surface area contributed by atoms with Crippen molar-refractivity contribution in [3.63, 3.8) is 0 Å². The number of hydrogen-bond acceptors (Lipinski definition) is 3. The molecule has 1 aliphatic heterocycles. The largest absolute Gasteiger partial charge is 0.334 e. The van der Waals surface area contributed by atoms with Crippen molar-refractivity contribution in [3.8, 4) is 0 Å². The van der Waals surface area contributed by atoms with Crippen LogP contribution in [0.25, 0.3) is 0 Å². The highest BCUT2D eigenvalue weighted by atomic mass is 15.1. The maximum atomic E-state index is 4.42. The van der Waals surface area contributed by atoms with E-state index in [1.165, 1.54) is 31.8 Å². The van der Waals surface area contributed by atoms with Gasteiger partial charge in [-0.3, -0.25) is 0 Å². The van der Waals surface area contributed by atoms with Gasteiger partial charge in [0.05, 0.1) is 6.54 Å². The van der Waals surface area contributed by atoms with Gasteiger partial charge in [0, 0.05) is 25.5 Å². The van der Waals surface area contributed by atoms with Gasteiger partial charge in [-0.1, -0.05) is 6.92 Å². The van der Waals surface area contributed by atoms with Crippen LogP contribution in [-0.4, -0.2) is 41.1 Å². The van der Waals surface area contributed by atoms with Crippen LogP contribution in [-0.2, 0) is 13.1 Å². The Kier molecular flexibility index (Phi) is 5.20. The monoisotopic (exact) mass is 250 g/mol. The highest BCUT2D eigenvalue weighted by molar-refractivity contribution is 4.92. The van der Waals surface area contributed by atoms with Crippen molar-refractivity contribution in [2.45, 2.75) is 39.3 Å². The van der Waals surface area contributed by atoms with Gasteiger partial charge in [-0.25, -0.2) is 4.98 Å². The maximum absolute atomic E-state index is 4.42. The normalized spacial score (nSPS) is 21.3. The Morgan fingerprint density at radius 2 is 2.39 bits per heavy atom. The molecule has 18 heavy (non-hydrogen) atoms. The van der Waals surface area contributed by atoms with Crippen LogP contribution in [0.2, 0.25) is 0 Å². The lowest BCUT2D eigenvalue weighted by atomic mass is 9.98. The average Bonchev–Trinajstić information content (AvgIpc) is 2.78. The summed E-state index contributed by atoms with van der Waals surface area (Å²) in [6, 6.07) is 0. The minimum absolute atomic E-state index is 0.804. The van der Waals surface area contributed by atoms with Gasteiger partial charge in [0.1, 0.15) is 5.82 Å². The number of aromatic nitrogens is 2.